The van der Waals surface area contributed by atoms with Crippen LogP contribution < -0.4 is 0 Å². The van der Waals surface area contributed by atoms with Crippen molar-refractivity contribution in [3.63, 3.8) is 0 Å². The molecule has 0 bridgehead atoms. The summed E-state index contributed by atoms with van der Waals surface area (Å²) in [7, 11) is 0. The summed E-state index contributed by atoms with van der Waals surface area (Å²) in [6.07, 6.45) is 11.7. The Balaban J connectivity index is 3.40. The molecule has 0 radical (unpaired) electrons. The summed E-state index contributed by atoms with van der Waals surface area (Å²) in [6, 6.07) is 0. The van der Waals surface area contributed by atoms with Gasteiger partial charge in [0.2, 0.25) is 0 Å². The molecule has 0 saturated heterocycles. The van der Waals surface area contributed by atoms with Crippen LogP contribution in [-0.4, -0.2) is 18.4 Å². The summed E-state index contributed by atoms with van der Waals surface area (Å²) >= 11 is -1.52. The van der Waals surface area contributed by atoms with E-state index in [2.05, 4.69) is 23.7 Å². The van der Waals surface area contributed by atoms with Crippen LogP contribution in [0.1, 0.15) is 65.2 Å². The second-order valence-corrected chi connectivity index (χ2v) is 21.0. The molecule has 15 heavy (non-hydrogen) atoms. The summed E-state index contributed by atoms with van der Waals surface area (Å²) in [6.45, 7) is 4.61. The number of rotatable bonds is 10. The van der Waals surface area contributed by atoms with Gasteiger partial charge in [0.05, 0.1) is 0 Å². The normalized spacial score (nSPS) is 12.0. The molecule has 0 aliphatic rings. The van der Waals surface area contributed by atoms with Crippen molar-refractivity contribution in [2.45, 2.75) is 84.0 Å². The summed E-state index contributed by atoms with van der Waals surface area (Å²) in [5.41, 5.74) is 0. The van der Waals surface area contributed by atoms with E-state index in [9.17, 15) is 0 Å². The van der Waals surface area contributed by atoms with Crippen LogP contribution in [0.5, 0.6) is 0 Å². The molecule has 1 heteroatoms. The summed E-state index contributed by atoms with van der Waals surface area (Å²) in [5.74, 6) is 0. The molecule has 0 rings (SSSR count). The van der Waals surface area contributed by atoms with Crippen molar-refractivity contribution in [1.29, 1.82) is 0 Å². The zero-order valence-electron chi connectivity index (χ0n) is 11.6. The maximum atomic E-state index is 2.66. The molecule has 0 N–H and O–H groups in total. The van der Waals surface area contributed by atoms with Gasteiger partial charge in [-0.05, 0) is 0 Å². The SMILES string of the molecule is CCCCC[CH2][Sn]([CH3])([CH3])[CH2]CCCCC. The van der Waals surface area contributed by atoms with Crippen molar-refractivity contribution in [2.75, 3.05) is 0 Å². The summed E-state index contributed by atoms with van der Waals surface area (Å²) in [4.78, 5) is 5.32. The average Bonchev–Trinajstić information content (AvgIpc) is 2.20. The fourth-order valence-corrected chi connectivity index (χ4v) is 9.79. The van der Waals surface area contributed by atoms with Crippen LogP contribution in [0.3, 0.4) is 0 Å². The Morgan fingerprint density at radius 1 is 0.600 bits per heavy atom. The van der Waals surface area contributed by atoms with Crippen molar-refractivity contribution in [2.24, 2.45) is 0 Å². The van der Waals surface area contributed by atoms with Gasteiger partial charge < -0.3 is 0 Å². The van der Waals surface area contributed by atoms with Crippen LogP contribution in [-0.2, 0) is 0 Å². The summed E-state index contributed by atoms with van der Waals surface area (Å²) < 4.78 is 3.28. The number of unbranched alkanes of at least 4 members (excludes halogenated alkanes) is 6. The Bertz CT molecular complexity index is 115. The molecule has 92 valence electrons. The van der Waals surface area contributed by atoms with E-state index in [1.165, 1.54) is 51.4 Å². The van der Waals surface area contributed by atoms with Gasteiger partial charge in [0.1, 0.15) is 0 Å². The minimum atomic E-state index is -1.52. The first kappa shape index (κ1) is 15.8. The maximum absolute atomic E-state index is 2.66. The zero-order valence-corrected chi connectivity index (χ0v) is 14.4. The first-order chi connectivity index (χ1) is 7.12. The van der Waals surface area contributed by atoms with Gasteiger partial charge in [-0.25, -0.2) is 0 Å². The molecular formula is C14H32Sn. The van der Waals surface area contributed by atoms with Crippen molar-refractivity contribution >= 4 is 18.4 Å². The quantitative estimate of drug-likeness (QED) is 0.350. The van der Waals surface area contributed by atoms with Gasteiger partial charge in [-0.15, -0.1) is 0 Å². The molecule has 0 aliphatic carbocycles. The Morgan fingerprint density at radius 2 is 1.00 bits per heavy atom. The van der Waals surface area contributed by atoms with E-state index in [0.29, 0.717) is 0 Å². The molecule has 0 unspecified atom stereocenters. The molecule has 0 aliphatic heterocycles. The van der Waals surface area contributed by atoms with E-state index < -0.39 is 18.4 Å². The van der Waals surface area contributed by atoms with Gasteiger partial charge in [-0.1, -0.05) is 0 Å². The second-order valence-electron chi connectivity index (χ2n) is 5.79. The molecular weight excluding hydrogens is 287 g/mol. The van der Waals surface area contributed by atoms with E-state index in [-0.39, 0.29) is 0 Å². The molecule has 0 heterocycles. The van der Waals surface area contributed by atoms with E-state index >= 15 is 0 Å². The van der Waals surface area contributed by atoms with Crippen molar-refractivity contribution in [1.82, 2.24) is 0 Å². The van der Waals surface area contributed by atoms with Gasteiger partial charge in [-0.3, -0.25) is 0 Å². The van der Waals surface area contributed by atoms with Crippen LogP contribution in [0, 0.1) is 0 Å². The van der Waals surface area contributed by atoms with Crippen LogP contribution in [0.2, 0.25) is 18.8 Å². The fourth-order valence-electron chi connectivity index (χ4n) is 2.19. The van der Waals surface area contributed by atoms with Gasteiger partial charge in [0, 0.05) is 0 Å². The molecule has 0 aromatic carbocycles. The average molecular weight is 319 g/mol. The van der Waals surface area contributed by atoms with E-state index in [1.54, 1.807) is 8.87 Å². The molecule has 0 spiro atoms. The molecule has 0 aromatic heterocycles. The predicted molar refractivity (Wildman–Crippen MR) is 75.4 cm³/mol. The fraction of sp³-hybridized carbons (Fsp3) is 1.00. The standard InChI is InChI=1S/2C6H13.2CH3.Sn/c2*1-3-5-6-4-2;;;/h2*1,3-6H2,2H3;2*1H3;. The third-order valence-corrected chi connectivity index (χ3v) is 13.2. The Hall–Kier alpha value is 0.799. The van der Waals surface area contributed by atoms with Crippen LogP contribution in [0.4, 0.5) is 0 Å². The molecule has 0 saturated carbocycles. The molecule has 0 aromatic rings. The van der Waals surface area contributed by atoms with Crippen molar-refractivity contribution < 1.29 is 0 Å². The van der Waals surface area contributed by atoms with Gasteiger partial charge in [0.25, 0.3) is 0 Å². The Kier molecular flexibility index (Phi) is 10.5. The predicted octanol–water partition coefficient (Wildman–Crippen LogP) is 5.86. The van der Waals surface area contributed by atoms with Crippen LogP contribution >= 0.6 is 0 Å². The minimum absolute atomic E-state index is 1.38. The van der Waals surface area contributed by atoms with Crippen molar-refractivity contribution in [3.05, 3.63) is 0 Å². The molecule has 0 amide bonds. The second kappa shape index (κ2) is 9.99. The van der Waals surface area contributed by atoms with E-state index in [4.69, 9.17) is 0 Å². The van der Waals surface area contributed by atoms with Crippen molar-refractivity contribution in [3.8, 4) is 0 Å². The van der Waals surface area contributed by atoms with Gasteiger partial charge in [0.15, 0.2) is 0 Å². The van der Waals surface area contributed by atoms with Crippen LogP contribution in [0.25, 0.3) is 0 Å². The number of hydrogen-bond donors (Lipinski definition) is 0. The van der Waals surface area contributed by atoms with E-state index in [1.807, 2.05) is 0 Å². The van der Waals surface area contributed by atoms with Gasteiger partial charge in [-0.2, -0.15) is 0 Å². The van der Waals surface area contributed by atoms with Gasteiger partial charge >= 0.3 is 102 Å². The Morgan fingerprint density at radius 3 is 1.33 bits per heavy atom. The molecule has 0 atom stereocenters. The first-order valence-corrected chi connectivity index (χ1v) is 16.9. The third-order valence-electron chi connectivity index (χ3n) is 3.41. The molecule has 0 fully saturated rings. The Labute approximate surface area is 102 Å². The zero-order chi connectivity index (χ0) is 11.6. The number of hydrogen-bond acceptors (Lipinski definition) is 0. The third kappa shape index (κ3) is 11.1. The first-order valence-electron chi connectivity index (χ1n) is 7.12. The molecule has 0 nitrogen and oxygen atoms in total. The summed E-state index contributed by atoms with van der Waals surface area (Å²) in [5, 5.41) is 0. The monoisotopic (exact) mass is 320 g/mol. The van der Waals surface area contributed by atoms with Crippen LogP contribution in [0.15, 0.2) is 0 Å². The topological polar surface area (TPSA) is 0 Å². The van der Waals surface area contributed by atoms with E-state index in [0.717, 1.165) is 0 Å².